The molecule has 0 aliphatic rings. The zero-order valence-electron chi connectivity index (χ0n) is 11.0. The standard InChI is InChI=1S/C11H15N5O2S/c1-6(2)10-13-14-11(19-10)16-7(3)8(12-15-16)4-5-9(17)18/h6H,4-5H2,1-3H3,(H,17,18). The van der Waals surface area contributed by atoms with Crippen molar-refractivity contribution >= 4 is 17.3 Å². The highest BCUT2D eigenvalue weighted by molar-refractivity contribution is 7.13. The summed E-state index contributed by atoms with van der Waals surface area (Å²) in [4.78, 5) is 10.6. The van der Waals surface area contributed by atoms with Crippen LogP contribution >= 0.6 is 11.3 Å². The minimum Gasteiger partial charge on any atom is -0.481 e. The van der Waals surface area contributed by atoms with E-state index in [4.69, 9.17) is 5.11 Å². The Labute approximate surface area is 114 Å². The highest BCUT2D eigenvalue weighted by atomic mass is 32.1. The molecule has 7 nitrogen and oxygen atoms in total. The Morgan fingerprint density at radius 3 is 2.68 bits per heavy atom. The maximum atomic E-state index is 10.6. The number of carboxylic acids is 1. The molecule has 0 saturated heterocycles. The molecule has 2 heterocycles. The molecule has 102 valence electrons. The molecule has 0 aliphatic heterocycles. The monoisotopic (exact) mass is 281 g/mol. The number of aryl methyl sites for hydroxylation is 1. The summed E-state index contributed by atoms with van der Waals surface area (Å²) in [5, 5.41) is 26.5. The third-order valence-electron chi connectivity index (χ3n) is 2.67. The molecule has 0 spiro atoms. The average molecular weight is 281 g/mol. The molecule has 0 bridgehead atoms. The summed E-state index contributed by atoms with van der Waals surface area (Å²) >= 11 is 1.47. The summed E-state index contributed by atoms with van der Waals surface area (Å²) in [5.74, 6) is -0.520. The van der Waals surface area contributed by atoms with Gasteiger partial charge in [-0.25, -0.2) is 0 Å². The van der Waals surface area contributed by atoms with Gasteiger partial charge >= 0.3 is 5.97 Å². The SMILES string of the molecule is Cc1c(CCC(=O)O)nnn1-c1nnc(C(C)C)s1. The topological polar surface area (TPSA) is 93.8 Å². The van der Waals surface area contributed by atoms with Crippen molar-refractivity contribution in [1.29, 1.82) is 0 Å². The highest BCUT2D eigenvalue weighted by Gasteiger charge is 2.15. The molecule has 2 aromatic rings. The van der Waals surface area contributed by atoms with Gasteiger partial charge in [0.25, 0.3) is 0 Å². The lowest BCUT2D eigenvalue weighted by atomic mass is 10.2. The minimum atomic E-state index is -0.841. The van der Waals surface area contributed by atoms with Crippen LogP contribution in [0.3, 0.4) is 0 Å². The van der Waals surface area contributed by atoms with Crippen molar-refractivity contribution in [2.24, 2.45) is 0 Å². The van der Waals surface area contributed by atoms with Crippen LogP contribution in [0.5, 0.6) is 0 Å². The van der Waals surface area contributed by atoms with Crippen LogP contribution in [-0.4, -0.2) is 36.3 Å². The molecule has 0 aliphatic carbocycles. The van der Waals surface area contributed by atoms with Crippen LogP contribution in [0.15, 0.2) is 0 Å². The summed E-state index contributed by atoms with van der Waals surface area (Å²) in [6, 6.07) is 0. The van der Waals surface area contributed by atoms with Gasteiger partial charge in [0.2, 0.25) is 5.13 Å². The van der Waals surface area contributed by atoms with Gasteiger partial charge in [0, 0.05) is 12.3 Å². The van der Waals surface area contributed by atoms with Gasteiger partial charge in [0.05, 0.1) is 17.8 Å². The van der Waals surface area contributed by atoms with E-state index in [1.165, 1.54) is 11.3 Å². The van der Waals surface area contributed by atoms with E-state index in [0.29, 0.717) is 23.2 Å². The first-order valence-corrected chi connectivity index (χ1v) is 6.77. The van der Waals surface area contributed by atoms with E-state index in [1.807, 2.05) is 6.92 Å². The van der Waals surface area contributed by atoms with Gasteiger partial charge in [-0.15, -0.1) is 15.3 Å². The van der Waals surface area contributed by atoms with E-state index in [9.17, 15) is 4.79 Å². The zero-order valence-corrected chi connectivity index (χ0v) is 11.8. The van der Waals surface area contributed by atoms with E-state index in [0.717, 1.165) is 10.7 Å². The van der Waals surface area contributed by atoms with Crippen molar-refractivity contribution in [2.75, 3.05) is 0 Å². The summed E-state index contributed by atoms with van der Waals surface area (Å²) in [5.41, 5.74) is 1.50. The van der Waals surface area contributed by atoms with E-state index in [2.05, 4.69) is 34.4 Å². The third kappa shape index (κ3) is 2.95. The number of rotatable bonds is 5. The van der Waals surface area contributed by atoms with Crippen LogP contribution in [0.2, 0.25) is 0 Å². The first-order chi connectivity index (χ1) is 8.99. The van der Waals surface area contributed by atoms with E-state index < -0.39 is 5.97 Å². The van der Waals surface area contributed by atoms with E-state index in [1.54, 1.807) is 4.68 Å². The molecular formula is C11H15N5O2S. The summed E-state index contributed by atoms with van der Waals surface area (Å²) in [6.45, 7) is 5.96. The normalized spacial score (nSPS) is 11.2. The van der Waals surface area contributed by atoms with Crippen molar-refractivity contribution in [2.45, 2.75) is 39.5 Å². The number of aromatic nitrogens is 5. The van der Waals surface area contributed by atoms with Crippen LogP contribution in [0.4, 0.5) is 0 Å². The van der Waals surface area contributed by atoms with Gasteiger partial charge in [0.15, 0.2) is 0 Å². The Hall–Kier alpha value is -1.83. The fourth-order valence-corrected chi connectivity index (χ4v) is 2.39. The Bertz CT molecular complexity index is 590. The quantitative estimate of drug-likeness (QED) is 0.894. The maximum Gasteiger partial charge on any atom is 0.303 e. The molecule has 0 unspecified atom stereocenters. The molecule has 0 radical (unpaired) electrons. The molecule has 0 amide bonds. The van der Waals surface area contributed by atoms with Crippen molar-refractivity contribution in [3.05, 3.63) is 16.4 Å². The molecule has 0 saturated carbocycles. The number of nitrogens with zero attached hydrogens (tertiary/aromatic N) is 5. The Morgan fingerprint density at radius 2 is 2.11 bits per heavy atom. The molecular weight excluding hydrogens is 266 g/mol. The number of carboxylic acid groups (broad SMARTS) is 1. The van der Waals surface area contributed by atoms with Crippen LogP contribution in [0.1, 0.15) is 42.6 Å². The van der Waals surface area contributed by atoms with Crippen molar-refractivity contribution in [3.63, 3.8) is 0 Å². The fourth-order valence-electron chi connectivity index (χ4n) is 1.54. The second-order valence-corrected chi connectivity index (χ2v) is 5.49. The first kappa shape index (κ1) is 13.6. The smallest absolute Gasteiger partial charge is 0.303 e. The van der Waals surface area contributed by atoms with Gasteiger partial charge in [0.1, 0.15) is 5.01 Å². The molecule has 8 heteroatoms. The van der Waals surface area contributed by atoms with Gasteiger partial charge in [-0.2, -0.15) is 4.68 Å². The number of aliphatic carboxylic acids is 1. The molecule has 1 N–H and O–H groups in total. The van der Waals surface area contributed by atoms with Gasteiger partial charge in [-0.1, -0.05) is 30.4 Å². The predicted molar refractivity (Wildman–Crippen MR) is 69.6 cm³/mol. The molecule has 0 atom stereocenters. The van der Waals surface area contributed by atoms with Crippen molar-refractivity contribution in [1.82, 2.24) is 25.2 Å². The maximum absolute atomic E-state index is 10.6. The van der Waals surface area contributed by atoms with E-state index >= 15 is 0 Å². The Balaban J connectivity index is 2.23. The minimum absolute atomic E-state index is 0.0485. The van der Waals surface area contributed by atoms with Gasteiger partial charge < -0.3 is 5.11 Å². The second kappa shape index (κ2) is 5.43. The van der Waals surface area contributed by atoms with E-state index in [-0.39, 0.29) is 6.42 Å². The molecule has 0 fully saturated rings. The first-order valence-electron chi connectivity index (χ1n) is 5.95. The van der Waals surface area contributed by atoms with Crippen LogP contribution in [0, 0.1) is 6.92 Å². The van der Waals surface area contributed by atoms with Crippen molar-refractivity contribution < 1.29 is 9.90 Å². The van der Waals surface area contributed by atoms with Crippen LogP contribution in [0.25, 0.3) is 5.13 Å². The number of hydrogen-bond donors (Lipinski definition) is 1. The zero-order chi connectivity index (χ0) is 14.0. The van der Waals surface area contributed by atoms with Crippen LogP contribution < -0.4 is 0 Å². The third-order valence-corrected chi connectivity index (χ3v) is 3.87. The van der Waals surface area contributed by atoms with Crippen LogP contribution in [-0.2, 0) is 11.2 Å². The fraction of sp³-hybridized carbons (Fsp3) is 0.545. The second-order valence-electron chi connectivity index (χ2n) is 4.50. The summed E-state index contributed by atoms with van der Waals surface area (Å²) in [6.07, 6.45) is 0.421. The van der Waals surface area contributed by atoms with Gasteiger partial charge in [-0.05, 0) is 6.92 Å². The number of hydrogen-bond acceptors (Lipinski definition) is 6. The number of carbonyl (C=O) groups is 1. The Kier molecular flexibility index (Phi) is 3.89. The molecule has 19 heavy (non-hydrogen) atoms. The van der Waals surface area contributed by atoms with Gasteiger partial charge in [-0.3, -0.25) is 4.79 Å². The molecule has 2 rings (SSSR count). The largest absolute Gasteiger partial charge is 0.481 e. The lowest BCUT2D eigenvalue weighted by molar-refractivity contribution is -0.136. The predicted octanol–water partition coefficient (Wildman–Crippen LogP) is 1.57. The Morgan fingerprint density at radius 1 is 1.37 bits per heavy atom. The summed E-state index contributed by atoms with van der Waals surface area (Å²) < 4.78 is 1.61. The highest BCUT2D eigenvalue weighted by Crippen LogP contribution is 2.22. The molecule has 0 aromatic carbocycles. The lowest BCUT2D eigenvalue weighted by Gasteiger charge is -1.98. The summed E-state index contributed by atoms with van der Waals surface area (Å²) in [7, 11) is 0. The lowest BCUT2D eigenvalue weighted by Crippen LogP contribution is -2.01. The molecule has 2 aromatic heterocycles. The average Bonchev–Trinajstić information content (AvgIpc) is 2.93. The van der Waals surface area contributed by atoms with Crippen molar-refractivity contribution in [3.8, 4) is 5.13 Å².